The highest BCUT2D eigenvalue weighted by Gasteiger charge is 2.20. The third kappa shape index (κ3) is 2.59. The Morgan fingerprint density at radius 1 is 1.62 bits per heavy atom. The standard InChI is InChI=1S/C11H21N5/c1-3-16(10-5-4-6-12-7-10)8-11-14-13-9-15(11)2/h9-10,12H,3-8H2,1-2H3. The van der Waals surface area contributed by atoms with Gasteiger partial charge >= 0.3 is 0 Å². The molecule has 0 saturated carbocycles. The molecule has 0 aromatic carbocycles. The lowest BCUT2D eigenvalue weighted by molar-refractivity contribution is 0.161. The van der Waals surface area contributed by atoms with Crippen molar-refractivity contribution in [3.63, 3.8) is 0 Å². The van der Waals surface area contributed by atoms with Crippen molar-refractivity contribution in [2.24, 2.45) is 7.05 Å². The summed E-state index contributed by atoms with van der Waals surface area (Å²) >= 11 is 0. The van der Waals surface area contributed by atoms with Crippen LogP contribution in [0.4, 0.5) is 0 Å². The van der Waals surface area contributed by atoms with Crippen LogP contribution in [0, 0.1) is 0 Å². The van der Waals surface area contributed by atoms with Crippen molar-refractivity contribution in [3.8, 4) is 0 Å². The number of aryl methyl sites for hydroxylation is 1. The van der Waals surface area contributed by atoms with Crippen molar-refractivity contribution < 1.29 is 0 Å². The first-order valence-electron chi connectivity index (χ1n) is 6.09. The fraction of sp³-hybridized carbons (Fsp3) is 0.818. The third-order valence-corrected chi connectivity index (χ3v) is 3.34. The Bertz CT molecular complexity index is 316. The second kappa shape index (κ2) is 5.41. The topological polar surface area (TPSA) is 46.0 Å². The number of aromatic nitrogens is 3. The zero-order valence-corrected chi connectivity index (χ0v) is 10.2. The van der Waals surface area contributed by atoms with E-state index in [0.29, 0.717) is 6.04 Å². The van der Waals surface area contributed by atoms with E-state index in [1.165, 1.54) is 12.8 Å². The van der Waals surface area contributed by atoms with Gasteiger partial charge in [-0.1, -0.05) is 6.92 Å². The van der Waals surface area contributed by atoms with E-state index in [2.05, 4.69) is 27.3 Å². The van der Waals surface area contributed by atoms with Crippen molar-refractivity contribution in [3.05, 3.63) is 12.2 Å². The van der Waals surface area contributed by atoms with Crippen LogP contribution in [0.3, 0.4) is 0 Å². The van der Waals surface area contributed by atoms with Crippen LogP contribution in [0.15, 0.2) is 6.33 Å². The molecule has 90 valence electrons. The molecule has 2 rings (SSSR count). The normalized spacial score (nSPS) is 21.6. The first-order chi connectivity index (χ1) is 7.81. The molecule has 1 aliphatic heterocycles. The molecule has 1 N–H and O–H groups in total. The van der Waals surface area contributed by atoms with Gasteiger partial charge in [0.1, 0.15) is 12.2 Å². The van der Waals surface area contributed by atoms with Crippen LogP contribution >= 0.6 is 0 Å². The van der Waals surface area contributed by atoms with Gasteiger partial charge in [0.15, 0.2) is 0 Å². The monoisotopic (exact) mass is 223 g/mol. The van der Waals surface area contributed by atoms with Crippen molar-refractivity contribution in [2.75, 3.05) is 19.6 Å². The first-order valence-corrected chi connectivity index (χ1v) is 6.09. The van der Waals surface area contributed by atoms with Crippen molar-refractivity contribution >= 4 is 0 Å². The van der Waals surface area contributed by atoms with E-state index in [0.717, 1.165) is 32.0 Å². The Kier molecular flexibility index (Phi) is 3.90. The maximum absolute atomic E-state index is 4.15. The maximum atomic E-state index is 4.15. The predicted molar refractivity (Wildman–Crippen MR) is 63.0 cm³/mol. The number of nitrogens with zero attached hydrogens (tertiary/aromatic N) is 4. The van der Waals surface area contributed by atoms with Crippen LogP contribution in [0.1, 0.15) is 25.6 Å². The average molecular weight is 223 g/mol. The van der Waals surface area contributed by atoms with Crippen LogP contribution in [-0.2, 0) is 13.6 Å². The fourth-order valence-electron chi connectivity index (χ4n) is 2.28. The highest BCUT2D eigenvalue weighted by Crippen LogP contribution is 2.12. The Morgan fingerprint density at radius 3 is 3.06 bits per heavy atom. The molecule has 0 spiro atoms. The summed E-state index contributed by atoms with van der Waals surface area (Å²) in [5, 5.41) is 11.5. The van der Waals surface area contributed by atoms with Gasteiger partial charge in [-0.05, 0) is 25.9 Å². The Labute approximate surface area is 96.8 Å². The minimum absolute atomic E-state index is 0.649. The largest absolute Gasteiger partial charge is 0.320 e. The van der Waals surface area contributed by atoms with Gasteiger partial charge in [-0.15, -0.1) is 10.2 Å². The zero-order chi connectivity index (χ0) is 11.4. The summed E-state index contributed by atoms with van der Waals surface area (Å²) in [7, 11) is 2.00. The Balaban J connectivity index is 1.97. The molecular weight excluding hydrogens is 202 g/mol. The molecule has 0 aliphatic carbocycles. The lowest BCUT2D eigenvalue weighted by atomic mass is 10.1. The van der Waals surface area contributed by atoms with Crippen LogP contribution in [0.2, 0.25) is 0 Å². The fourth-order valence-corrected chi connectivity index (χ4v) is 2.28. The van der Waals surface area contributed by atoms with Crippen LogP contribution in [0.25, 0.3) is 0 Å². The molecule has 1 unspecified atom stereocenters. The van der Waals surface area contributed by atoms with Crippen LogP contribution < -0.4 is 5.32 Å². The van der Waals surface area contributed by atoms with E-state index in [-0.39, 0.29) is 0 Å². The summed E-state index contributed by atoms with van der Waals surface area (Å²) in [6.45, 7) is 6.45. The molecule has 1 aliphatic rings. The van der Waals surface area contributed by atoms with Gasteiger partial charge in [0.05, 0.1) is 6.54 Å². The summed E-state index contributed by atoms with van der Waals surface area (Å²) in [5.41, 5.74) is 0. The molecule has 1 atom stereocenters. The second-order valence-corrected chi connectivity index (χ2v) is 4.42. The van der Waals surface area contributed by atoms with E-state index >= 15 is 0 Å². The molecular formula is C11H21N5. The van der Waals surface area contributed by atoms with Gasteiger partial charge in [0.25, 0.3) is 0 Å². The number of likely N-dealkylation sites (N-methyl/N-ethyl adjacent to an activating group) is 1. The molecule has 1 fully saturated rings. The Hall–Kier alpha value is -0.940. The van der Waals surface area contributed by atoms with Crippen molar-refractivity contribution in [1.82, 2.24) is 25.0 Å². The molecule has 1 saturated heterocycles. The molecule has 0 amide bonds. The number of piperidine rings is 1. The minimum atomic E-state index is 0.649. The summed E-state index contributed by atoms with van der Waals surface area (Å²) in [6.07, 6.45) is 4.33. The van der Waals surface area contributed by atoms with Gasteiger partial charge in [-0.2, -0.15) is 0 Å². The average Bonchev–Trinajstić information content (AvgIpc) is 2.73. The minimum Gasteiger partial charge on any atom is -0.320 e. The molecule has 1 aromatic rings. The predicted octanol–water partition coefficient (Wildman–Crippen LogP) is 0.389. The van der Waals surface area contributed by atoms with Gasteiger partial charge in [0.2, 0.25) is 0 Å². The van der Waals surface area contributed by atoms with Crippen molar-refractivity contribution in [2.45, 2.75) is 32.4 Å². The summed E-state index contributed by atoms with van der Waals surface area (Å²) in [5.74, 6) is 1.05. The molecule has 5 nitrogen and oxygen atoms in total. The highest BCUT2D eigenvalue weighted by atomic mass is 15.3. The second-order valence-electron chi connectivity index (χ2n) is 4.42. The molecule has 1 aromatic heterocycles. The van der Waals surface area contributed by atoms with Crippen LogP contribution in [0.5, 0.6) is 0 Å². The molecule has 5 heteroatoms. The van der Waals surface area contributed by atoms with E-state index in [1.807, 2.05) is 11.6 Å². The van der Waals surface area contributed by atoms with Crippen molar-refractivity contribution in [1.29, 1.82) is 0 Å². The number of nitrogens with one attached hydrogen (secondary N) is 1. The van der Waals surface area contributed by atoms with Gasteiger partial charge < -0.3 is 9.88 Å². The Morgan fingerprint density at radius 2 is 2.50 bits per heavy atom. The highest BCUT2D eigenvalue weighted by molar-refractivity contribution is 4.87. The van der Waals surface area contributed by atoms with E-state index in [4.69, 9.17) is 0 Å². The summed E-state index contributed by atoms with van der Waals surface area (Å²) in [4.78, 5) is 2.48. The van der Waals surface area contributed by atoms with Gasteiger partial charge in [-0.3, -0.25) is 4.90 Å². The smallest absolute Gasteiger partial charge is 0.146 e. The third-order valence-electron chi connectivity index (χ3n) is 3.34. The number of hydrogen-bond acceptors (Lipinski definition) is 4. The molecule has 0 bridgehead atoms. The summed E-state index contributed by atoms with van der Waals surface area (Å²) < 4.78 is 2.00. The molecule has 0 radical (unpaired) electrons. The lowest BCUT2D eigenvalue weighted by Gasteiger charge is -2.33. The molecule has 2 heterocycles. The first kappa shape index (κ1) is 11.5. The van der Waals surface area contributed by atoms with Gasteiger partial charge in [-0.25, -0.2) is 0 Å². The van der Waals surface area contributed by atoms with E-state index in [1.54, 1.807) is 6.33 Å². The van der Waals surface area contributed by atoms with Gasteiger partial charge in [0, 0.05) is 19.6 Å². The van der Waals surface area contributed by atoms with E-state index in [9.17, 15) is 0 Å². The van der Waals surface area contributed by atoms with E-state index < -0.39 is 0 Å². The maximum Gasteiger partial charge on any atom is 0.146 e. The number of rotatable bonds is 4. The quantitative estimate of drug-likeness (QED) is 0.802. The summed E-state index contributed by atoms with van der Waals surface area (Å²) in [6, 6.07) is 0.649. The SMILES string of the molecule is CCN(Cc1nncn1C)C1CCCNC1. The zero-order valence-electron chi connectivity index (χ0n) is 10.2. The lowest BCUT2D eigenvalue weighted by Crippen LogP contribution is -2.45. The molecule has 16 heavy (non-hydrogen) atoms. The van der Waals surface area contributed by atoms with Crippen LogP contribution in [-0.4, -0.2) is 45.3 Å². The number of hydrogen-bond donors (Lipinski definition) is 1.